The lowest BCUT2D eigenvalue weighted by atomic mass is 10.2. The number of nitriles is 1. The number of pyridine rings is 1. The fourth-order valence-electron chi connectivity index (χ4n) is 1.29. The molecular formula is C10H10N6. The smallest absolute Gasteiger partial charge is 0.148 e. The molecule has 0 saturated carbocycles. The number of aromatic nitrogens is 3. The molecule has 0 amide bonds. The molecule has 0 aliphatic heterocycles. The molecule has 16 heavy (non-hydrogen) atoms. The SMILES string of the molecule is Cn1cc(Nc2ncc(N)cc2C#N)cn1. The van der Waals surface area contributed by atoms with Gasteiger partial charge < -0.3 is 11.1 Å². The maximum atomic E-state index is 8.92. The number of anilines is 3. The summed E-state index contributed by atoms with van der Waals surface area (Å²) in [4.78, 5) is 4.06. The molecule has 0 unspecified atom stereocenters. The highest BCUT2D eigenvalue weighted by Crippen LogP contribution is 2.18. The van der Waals surface area contributed by atoms with Gasteiger partial charge in [0.25, 0.3) is 0 Å². The number of nitrogen functional groups attached to an aromatic ring is 1. The van der Waals surface area contributed by atoms with Crippen molar-refractivity contribution in [3.05, 3.63) is 30.2 Å². The summed E-state index contributed by atoms with van der Waals surface area (Å²) in [5.74, 6) is 0.477. The van der Waals surface area contributed by atoms with E-state index in [0.29, 0.717) is 17.1 Å². The van der Waals surface area contributed by atoms with Crippen LogP contribution in [0.25, 0.3) is 0 Å². The molecule has 0 radical (unpaired) electrons. The van der Waals surface area contributed by atoms with Crippen LogP contribution in [0, 0.1) is 11.3 Å². The number of nitrogens with two attached hydrogens (primary N) is 1. The highest BCUT2D eigenvalue weighted by Gasteiger charge is 2.05. The predicted molar refractivity (Wildman–Crippen MR) is 59.9 cm³/mol. The van der Waals surface area contributed by atoms with Gasteiger partial charge in [-0.15, -0.1) is 0 Å². The van der Waals surface area contributed by atoms with E-state index in [1.54, 1.807) is 23.1 Å². The fourth-order valence-corrected chi connectivity index (χ4v) is 1.29. The normalized spacial score (nSPS) is 9.75. The molecule has 3 N–H and O–H groups in total. The van der Waals surface area contributed by atoms with E-state index < -0.39 is 0 Å². The summed E-state index contributed by atoms with van der Waals surface area (Å²) in [6, 6.07) is 3.61. The molecule has 2 rings (SSSR count). The summed E-state index contributed by atoms with van der Waals surface area (Å²) in [7, 11) is 1.81. The fraction of sp³-hybridized carbons (Fsp3) is 0.100. The molecule has 2 aromatic heterocycles. The zero-order chi connectivity index (χ0) is 11.5. The van der Waals surface area contributed by atoms with Crippen molar-refractivity contribution in [3.63, 3.8) is 0 Å². The summed E-state index contributed by atoms with van der Waals surface area (Å²) < 4.78 is 1.66. The molecule has 0 aliphatic carbocycles. The summed E-state index contributed by atoms with van der Waals surface area (Å²) in [6.07, 6.45) is 4.94. The van der Waals surface area contributed by atoms with Crippen LogP contribution in [0.15, 0.2) is 24.7 Å². The second-order valence-corrected chi connectivity index (χ2v) is 3.30. The molecule has 0 fully saturated rings. The van der Waals surface area contributed by atoms with Gasteiger partial charge in [0.1, 0.15) is 11.9 Å². The topological polar surface area (TPSA) is 92.5 Å². The van der Waals surface area contributed by atoms with Gasteiger partial charge in [0.05, 0.1) is 29.3 Å². The molecule has 6 heteroatoms. The Bertz CT molecular complexity index is 551. The van der Waals surface area contributed by atoms with Gasteiger partial charge in [-0.2, -0.15) is 10.4 Å². The van der Waals surface area contributed by atoms with Gasteiger partial charge in [0, 0.05) is 13.2 Å². The summed E-state index contributed by atoms with van der Waals surface area (Å²) in [5, 5.41) is 15.9. The first kappa shape index (κ1) is 9.98. The van der Waals surface area contributed by atoms with Crippen LogP contribution in [0.3, 0.4) is 0 Å². The number of nitrogens with zero attached hydrogens (tertiary/aromatic N) is 4. The van der Waals surface area contributed by atoms with Crippen molar-refractivity contribution in [3.8, 4) is 6.07 Å². The van der Waals surface area contributed by atoms with E-state index in [1.165, 1.54) is 6.20 Å². The van der Waals surface area contributed by atoms with Crippen LogP contribution in [0.2, 0.25) is 0 Å². The van der Waals surface area contributed by atoms with Crippen LogP contribution >= 0.6 is 0 Å². The molecule has 80 valence electrons. The van der Waals surface area contributed by atoms with Crippen molar-refractivity contribution < 1.29 is 0 Å². The van der Waals surface area contributed by atoms with Gasteiger partial charge in [0.2, 0.25) is 0 Å². The lowest BCUT2D eigenvalue weighted by Gasteiger charge is -2.04. The van der Waals surface area contributed by atoms with Crippen molar-refractivity contribution in [2.75, 3.05) is 11.1 Å². The van der Waals surface area contributed by atoms with E-state index in [1.807, 2.05) is 13.1 Å². The van der Waals surface area contributed by atoms with E-state index in [0.717, 1.165) is 5.69 Å². The van der Waals surface area contributed by atoms with Gasteiger partial charge >= 0.3 is 0 Å². The summed E-state index contributed by atoms with van der Waals surface area (Å²) >= 11 is 0. The van der Waals surface area contributed by atoms with Crippen LogP contribution in [-0.4, -0.2) is 14.8 Å². The van der Waals surface area contributed by atoms with Crippen LogP contribution in [0.4, 0.5) is 17.2 Å². The molecule has 2 aromatic rings. The van der Waals surface area contributed by atoms with E-state index in [-0.39, 0.29) is 0 Å². The molecular weight excluding hydrogens is 204 g/mol. The van der Waals surface area contributed by atoms with Crippen molar-refractivity contribution in [2.24, 2.45) is 7.05 Å². The monoisotopic (exact) mass is 214 g/mol. The minimum absolute atomic E-state index is 0.406. The quantitative estimate of drug-likeness (QED) is 0.778. The summed E-state index contributed by atoms with van der Waals surface area (Å²) in [6.45, 7) is 0. The lowest BCUT2D eigenvalue weighted by molar-refractivity contribution is 0.768. The Morgan fingerprint density at radius 2 is 2.31 bits per heavy atom. The van der Waals surface area contributed by atoms with E-state index >= 15 is 0 Å². The van der Waals surface area contributed by atoms with Crippen LogP contribution in [0.1, 0.15) is 5.56 Å². The molecule has 2 heterocycles. The predicted octanol–water partition coefficient (Wildman–Crippen LogP) is 1.01. The van der Waals surface area contributed by atoms with Gasteiger partial charge in [-0.1, -0.05) is 0 Å². The third kappa shape index (κ3) is 1.93. The second-order valence-electron chi connectivity index (χ2n) is 3.30. The maximum Gasteiger partial charge on any atom is 0.148 e. The van der Waals surface area contributed by atoms with Gasteiger partial charge in [-0.3, -0.25) is 4.68 Å². The van der Waals surface area contributed by atoms with Crippen LogP contribution in [0.5, 0.6) is 0 Å². The second kappa shape index (κ2) is 3.90. The molecule has 0 bridgehead atoms. The number of hydrogen-bond acceptors (Lipinski definition) is 5. The van der Waals surface area contributed by atoms with Gasteiger partial charge in [-0.05, 0) is 6.07 Å². The average Bonchev–Trinajstić information content (AvgIpc) is 2.67. The maximum absolute atomic E-state index is 8.92. The lowest BCUT2D eigenvalue weighted by Crippen LogP contribution is -1.98. The van der Waals surface area contributed by atoms with Crippen molar-refractivity contribution >= 4 is 17.2 Å². The first-order valence-corrected chi connectivity index (χ1v) is 4.60. The third-order valence-electron chi connectivity index (χ3n) is 2.00. The standard InChI is InChI=1S/C10H10N6/c1-16-6-9(5-14-16)15-10-7(3-11)2-8(12)4-13-10/h2,4-6H,12H2,1H3,(H,13,15). The number of rotatable bonds is 2. The molecule has 0 aliphatic rings. The van der Waals surface area contributed by atoms with Crippen molar-refractivity contribution in [1.29, 1.82) is 5.26 Å². The molecule has 6 nitrogen and oxygen atoms in total. The molecule has 0 aromatic carbocycles. The number of nitrogens with one attached hydrogen (secondary N) is 1. The minimum atomic E-state index is 0.406. The Balaban J connectivity index is 2.31. The van der Waals surface area contributed by atoms with Crippen molar-refractivity contribution in [1.82, 2.24) is 14.8 Å². The Morgan fingerprint density at radius 1 is 1.50 bits per heavy atom. The van der Waals surface area contributed by atoms with Crippen molar-refractivity contribution in [2.45, 2.75) is 0 Å². The Kier molecular flexibility index (Phi) is 2.44. The largest absolute Gasteiger partial charge is 0.397 e. The highest BCUT2D eigenvalue weighted by atomic mass is 15.3. The molecule has 0 atom stereocenters. The van der Waals surface area contributed by atoms with Gasteiger partial charge in [-0.25, -0.2) is 4.98 Å². The van der Waals surface area contributed by atoms with Crippen LogP contribution < -0.4 is 11.1 Å². The van der Waals surface area contributed by atoms with Crippen LogP contribution in [-0.2, 0) is 7.05 Å². The Morgan fingerprint density at radius 3 is 2.94 bits per heavy atom. The summed E-state index contributed by atoms with van der Waals surface area (Å²) in [5.41, 5.74) is 7.19. The highest BCUT2D eigenvalue weighted by molar-refractivity contribution is 5.64. The third-order valence-corrected chi connectivity index (χ3v) is 2.00. The van der Waals surface area contributed by atoms with E-state index in [4.69, 9.17) is 11.0 Å². The molecule has 0 spiro atoms. The zero-order valence-corrected chi connectivity index (χ0v) is 8.68. The average molecular weight is 214 g/mol. The van der Waals surface area contributed by atoms with E-state index in [9.17, 15) is 0 Å². The first-order chi connectivity index (χ1) is 7.69. The molecule has 0 saturated heterocycles. The van der Waals surface area contributed by atoms with Gasteiger partial charge in [0.15, 0.2) is 0 Å². The minimum Gasteiger partial charge on any atom is -0.397 e. The zero-order valence-electron chi connectivity index (χ0n) is 8.68. The first-order valence-electron chi connectivity index (χ1n) is 4.60. The number of hydrogen-bond donors (Lipinski definition) is 2. The number of aryl methyl sites for hydroxylation is 1. The Hall–Kier alpha value is -2.55. The van der Waals surface area contributed by atoms with E-state index in [2.05, 4.69) is 15.4 Å². The Labute approximate surface area is 92.3 Å².